The van der Waals surface area contributed by atoms with Gasteiger partial charge in [0.25, 0.3) is 0 Å². The van der Waals surface area contributed by atoms with E-state index in [1.807, 2.05) is 0 Å². The molecule has 0 aliphatic rings. The van der Waals surface area contributed by atoms with Gasteiger partial charge in [0.1, 0.15) is 13.1 Å². The number of benzene rings is 3. The third kappa shape index (κ3) is 5.79. The maximum atomic E-state index is 2.25. The fourth-order valence-electron chi connectivity index (χ4n) is 3.56. The van der Waals surface area contributed by atoms with Gasteiger partial charge in [0.05, 0.1) is 42.3 Å². The first-order valence-electron chi connectivity index (χ1n) is 9.99. The lowest BCUT2D eigenvalue weighted by Crippen LogP contribution is -2.33. The van der Waals surface area contributed by atoms with E-state index >= 15 is 0 Å². The van der Waals surface area contributed by atoms with Crippen LogP contribution in [0.1, 0.15) is 11.1 Å². The van der Waals surface area contributed by atoms with E-state index in [4.69, 9.17) is 0 Å². The second-order valence-corrected chi connectivity index (χ2v) is 9.87. The molecular weight excluding hydrogens is 340 g/mol. The van der Waals surface area contributed by atoms with Gasteiger partial charge in [-0.05, 0) is 22.3 Å². The molecule has 0 N–H and O–H groups in total. The van der Waals surface area contributed by atoms with Gasteiger partial charge in [-0.15, -0.1) is 0 Å². The first-order valence-corrected chi connectivity index (χ1v) is 9.99. The lowest BCUT2D eigenvalue weighted by atomic mass is 9.99. The van der Waals surface area contributed by atoms with Crippen LogP contribution in [0.4, 0.5) is 0 Å². The highest BCUT2D eigenvalue weighted by Crippen LogP contribution is 2.26. The van der Waals surface area contributed by atoms with Gasteiger partial charge < -0.3 is 8.97 Å². The summed E-state index contributed by atoms with van der Waals surface area (Å²) < 4.78 is 1.89. The molecule has 0 fully saturated rings. The minimum Gasteiger partial charge on any atom is -0.327 e. The number of nitrogens with zero attached hydrogens (tertiary/aromatic N) is 2. The Balaban J connectivity index is 1.73. The van der Waals surface area contributed by atoms with E-state index in [2.05, 4.69) is 115 Å². The van der Waals surface area contributed by atoms with Crippen molar-refractivity contribution in [2.45, 2.75) is 13.1 Å². The van der Waals surface area contributed by atoms with Crippen LogP contribution in [0.5, 0.6) is 0 Å². The summed E-state index contributed by atoms with van der Waals surface area (Å²) in [5.41, 5.74) is 7.83. The molecule has 3 rings (SSSR count). The van der Waals surface area contributed by atoms with Crippen molar-refractivity contribution in [3.63, 3.8) is 0 Å². The molecule has 2 nitrogen and oxygen atoms in total. The topological polar surface area (TPSA) is 0 Å². The quantitative estimate of drug-likeness (QED) is 0.505. The molecule has 28 heavy (non-hydrogen) atoms. The Bertz CT molecular complexity index is 813. The van der Waals surface area contributed by atoms with E-state index in [1.54, 1.807) is 0 Å². The van der Waals surface area contributed by atoms with Crippen LogP contribution in [0.2, 0.25) is 0 Å². The van der Waals surface area contributed by atoms with E-state index in [-0.39, 0.29) is 0 Å². The predicted molar refractivity (Wildman–Crippen MR) is 121 cm³/mol. The van der Waals surface area contributed by atoms with Gasteiger partial charge in [0.2, 0.25) is 0 Å². The van der Waals surface area contributed by atoms with Crippen molar-refractivity contribution in [3.05, 3.63) is 83.9 Å². The van der Waals surface area contributed by atoms with E-state index in [9.17, 15) is 0 Å². The van der Waals surface area contributed by atoms with Gasteiger partial charge in [-0.25, -0.2) is 0 Å². The molecule has 0 aromatic heterocycles. The lowest BCUT2D eigenvalue weighted by molar-refractivity contribution is -0.884. The van der Waals surface area contributed by atoms with Crippen LogP contribution in [-0.2, 0) is 13.1 Å². The normalized spacial score (nSPS) is 12.2. The summed E-state index contributed by atoms with van der Waals surface area (Å²) in [7, 11) is 13.3. The zero-order valence-electron chi connectivity index (χ0n) is 18.2. The van der Waals surface area contributed by atoms with Gasteiger partial charge >= 0.3 is 0 Å². The Hall–Kier alpha value is -2.42. The van der Waals surface area contributed by atoms with E-state index in [0.29, 0.717) is 0 Å². The number of hydrogen-bond donors (Lipinski definition) is 0. The van der Waals surface area contributed by atoms with Gasteiger partial charge in [0, 0.05) is 11.1 Å². The van der Waals surface area contributed by atoms with E-state index in [0.717, 1.165) is 22.1 Å². The van der Waals surface area contributed by atoms with Crippen molar-refractivity contribution < 1.29 is 8.97 Å². The van der Waals surface area contributed by atoms with E-state index in [1.165, 1.54) is 33.4 Å². The SMILES string of the molecule is C[N+](C)(C)Cc1ccc(-c2ccc(-c3ccc(C[N+](C)(C)C)cc3)cc2)cc1. The average molecular weight is 375 g/mol. The first kappa shape index (κ1) is 20.3. The molecule has 3 aromatic carbocycles. The molecule has 146 valence electrons. The third-order valence-electron chi connectivity index (χ3n) is 4.77. The second kappa shape index (κ2) is 7.90. The fourth-order valence-corrected chi connectivity index (χ4v) is 3.56. The Morgan fingerprint density at radius 3 is 0.821 bits per heavy atom. The Labute approximate surface area is 170 Å². The van der Waals surface area contributed by atoms with Crippen LogP contribution < -0.4 is 0 Å². The molecule has 0 saturated carbocycles. The Morgan fingerprint density at radius 2 is 0.607 bits per heavy atom. The zero-order valence-corrected chi connectivity index (χ0v) is 18.2. The largest absolute Gasteiger partial charge is 0.327 e. The van der Waals surface area contributed by atoms with Crippen LogP contribution in [0.15, 0.2) is 72.8 Å². The lowest BCUT2D eigenvalue weighted by Gasteiger charge is -2.24. The molecule has 0 saturated heterocycles. The smallest absolute Gasteiger partial charge is 0.104 e. The highest BCUT2D eigenvalue weighted by Gasteiger charge is 2.10. The summed E-state index contributed by atoms with van der Waals surface area (Å²) in [5, 5.41) is 0. The van der Waals surface area contributed by atoms with Gasteiger partial charge in [-0.2, -0.15) is 0 Å². The highest BCUT2D eigenvalue weighted by atomic mass is 15.3. The molecule has 0 heterocycles. The van der Waals surface area contributed by atoms with Gasteiger partial charge in [0.15, 0.2) is 0 Å². The van der Waals surface area contributed by atoms with Crippen molar-refractivity contribution in [3.8, 4) is 22.3 Å². The Morgan fingerprint density at radius 1 is 0.393 bits per heavy atom. The Kier molecular flexibility index (Phi) is 5.74. The second-order valence-electron chi connectivity index (χ2n) is 9.87. The highest BCUT2D eigenvalue weighted by molar-refractivity contribution is 5.70. The van der Waals surface area contributed by atoms with Crippen molar-refractivity contribution in [1.82, 2.24) is 0 Å². The van der Waals surface area contributed by atoms with Crippen molar-refractivity contribution >= 4 is 0 Å². The first-order chi connectivity index (χ1) is 13.1. The minimum absolute atomic E-state index is 0.946. The molecule has 0 unspecified atom stereocenters. The average Bonchev–Trinajstić information content (AvgIpc) is 2.61. The summed E-state index contributed by atoms with van der Waals surface area (Å²) >= 11 is 0. The molecule has 0 radical (unpaired) electrons. The molecule has 2 heteroatoms. The maximum Gasteiger partial charge on any atom is 0.104 e. The van der Waals surface area contributed by atoms with Crippen molar-refractivity contribution in [2.24, 2.45) is 0 Å². The van der Waals surface area contributed by atoms with Crippen LogP contribution in [0.3, 0.4) is 0 Å². The molecule has 0 aliphatic heterocycles. The molecule has 0 spiro atoms. The number of hydrogen-bond acceptors (Lipinski definition) is 0. The summed E-state index contributed by atoms with van der Waals surface area (Å²) in [6, 6.07) is 26.8. The monoisotopic (exact) mass is 374 g/mol. The van der Waals surface area contributed by atoms with Crippen LogP contribution in [0.25, 0.3) is 22.3 Å². The third-order valence-corrected chi connectivity index (χ3v) is 4.77. The van der Waals surface area contributed by atoms with Gasteiger partial charge in [-0.3, -0.25) is 0 Å². The summed E-state index contributed by atoms with van der Waals surface area (Å²) in [6.45, 7) is 2.09. The molecule has 0 amide bonds. The maximum absolute atomic E-state index is 2.25. The molecule has 0 bridgehead atoms. The van der Waals surface area contributed by atoms with Gasteiger partial charge in [-0.1, -0.05) is 72.8 Å². The number of rotatable bonds is 6. The molecule has 0 atom stereocenters. The van der Waals surface area contributed by atoms with Crippen molar-refractivity contribution in [2.75, 3.05) is 42.3 Å². The van der Waals surface area contributed by atoms with Crippen molar-refractivity contribution in [1.29, 1.82) is 0 Å². The summed E-state index contributed by atoms with van der Waals surface area (Å²) in [5.74, 6) is 0. The van der Waals surface area contributed by atoms with Crippen LogP contribution in [-0.4, -0.2) is 51.3 Å². The summed E-state index contributed by atoms with van der Waals surface area (Å²) in [4.78, 5) is 0. The standard InChI is InChI=1S/C26H34N2/c1-27(2,3)19-21-7-11-23(12-8-21)25-15-17-26(18-16-25)24-13-9-22(10-14-24)20-28(4,5)6/h7-18H,19-20H2,1-6H3/q+2. The fraction of sp³-hybridized carbons (Fsp3) is 0.308. The molecular formula is C26H34N2+2. The minimum atomic E-state index is 0.946. The van der Waals surface area contributed by atoms with Crippen LogP contribution >= 0.6 is 0 Å². The zero-order chi connectivity index (χ0) is 20.4. The summed E-state index contributed by atoms with van der Waals surface area (Å²) in [6.07, 6.45) is 0. The van der Waals surface area contributed by atoms with E-state index < -0.39 is 0 Å². The molecule has 3 aromatic rings. The number of quaternary nitrogens is 2. The van der Waals surface area contributed by atoms with Crippen LogP contribution in [0, 0.1) is 0 Å². The predicted octanol–water partition coefficient (Wildman–Crippen LogP) is 5.43. The molecule has 0 aliphatic carbocycles.